The first-order valence-corrected chi connectivity index (χ1v) is 4.00. The first kappa shape index (κ1) is 12.2. The van der Waals surface area contributed by atoms with Crippen molar-refractivity contribution < 1.29 is 4.79 Å². The van der Waals surface area contributed by atoms with E-state index in [1.807, 2.05) is 0 Å². The van der Waals surface area contributed by atoms with Gasteiger partial charge in [0.1, 0.15) is 0 Å². The molecule has 5 heteroatoms. The van der Waals surface area contributed by atoms with Gasteiger partial charge in [0.2, 0.25) is 5.91 Å². The van der Waals surface area contributed by atoms with Crippen LogP contribution in [0.3, 0.4) is 0 Å². The van der Waals surface area contributed by atoms with Crippen LogP contribution in [0.5, 0.6) is 0 Å². The van der Waals surface area contributed by atoms with Crippen molar-refractivity contribution in [1.82, 2.24) is 10.3 Å². The molecule has 78 valence electrons. The van der Waals surface area contributed by atoms with E-state index >= 15 is 0 Å². The minimum atomic E-state index is -0.159. The fourth-order valence-electron chi connectivity index (χ4n) is 0.695. The molecule has 0 aromatic heterocycles. The lowest BCUT2D eigenvalue weighted by Crippen LogP contribution is -2.21. The Morgan fingerprint density at radius 1 is 1.50 bits per heavy atom. The van der Waals surface area contributed by atoms with Gasteiger partial charge in [-0.1, -0.05) is 12.7 Å². The van der Waals surface area contributed by atoms with Crippen molar-refractivity contribution in [2.45, 2.75) is 0 Å². The second-order valence-corrected chi connectivity index (χ2v) is 2.80. The number of nitrogens with zero attached hydrogens (tertiary/aromatic N) is 1. The molecule has 5 N–H and O–H groups in total. The van der Waals surface area contributed by atoms with Gasteiger partial charge in [0, 0.05) is 31.9 Å². The smallest absolute Gasteiger partial charge is 0.246 e. The number of likely N-dealkylation sites (N-methyl/N-ethyl adjacent to an activating group) is 1. The van der Waals surface area contributed by atoms with Gasteiger partial charge in [-0.05, 0) is 0 Å². The third-order valence-corrected chi connectivity index (χ3v) is 1.51. The number of nitrogens with two attached hydrogens (primary N) is 2. The van der Waals surface area contributed by atoms with Crippen LogP contribution in [0.25, 0.3) is 0 Å². The zero-order chi connectivity index (χ0) is 11.1. The van der Waals surface area contributed by atoms with Crippen LogP contribution in [-0.4, -0.2) is 24.9 Å². The summed E-state index contributed by atoms with van der Waals surface area (Å²) in [6.07, 6.45) is 4.26. The molecule has 0 unspecified atom stereocenters. The summed E-state index contributed by atoms with van der Waals surface area (Å²) in [5.41, 5.74) is 8.77. The van der Waals surface area contributed by atoms with E-state index in [0.717, 1.165) is 0 Å². The van der Waals surface area contributed by atoms with E-state index in [-0.39, 0.29) is 5.91 Å². The third-order valence-electron chi connectivity index (χ3n) is 1.51. The zero-order valence-electron chi connectivity index (χ0n) is 8.45. The second-order valence-electron chi connectivity index (χ2n) is 2.80. The molecule has 5 nitrogen and oxygen atoms in total. The maximum Gasteiger partial charge on any atom is 0.246 e. The van der Waals surface area contributed by atoms with Crippen molar-refractivity contribution in [3.8, 4) is 0 Å². The molecule has 0 aliphatic rings. The average molecular weight is 196 g/mol. The van der Waals surface area contributed by atoms with Gasteiger partial charge in [0.25, 0.3) is 0 Å². The number of carbonyl (C=O) groups excluding carboxylic acids is 1. The Morgan fingerprint density at radius 3 is 2.43 bits per heavy atom. The van der Waals surface area contributed by atoms with E-state index in [2.05, 4.69) is 12.0 Å². The van der Waals surface area contributed by atoms with Crippen molar-refractivity contribution in [3.63, 3.8) is 0 Å². The Bertz CT molecular complexity index is 279. The lowest BCUT2D eigenvalue weighted by molar-refractivity contribution is -0.123. The number of amides is 1. The van der Waals surface area contributed by atoms with Crippen LogP contribution in [0.15, 0.2) is 36.2 Å². The van der Waals surface area contributed by atoms with E-state index in [0.29, 0.717) is 11.3 Å². The summed E-state index contributed by atoms with van der Waals surface area (Å²) in [7, 11) is 3.31. The molecule has 0 spiro atoms. The number of nitrogens with one attached hydrogen (secondary N) is 1. The monoisotopic (exact) mass is 196 g/mol. The Labute approximate surface area is 83.7 Å². The van der Waals surface area contributed by atoms with Crippen LogP contribution >= 0.6 is 0 Å². The van der Waals surface area contributed by atoms with Crippen molar-refractivity contribution in [2.75, 3.05) is 14.1 Å². The molecule has 0 aromatic rings. The minimum Gasteiger partial charge on any atom is -0.397 e. The minimum absolute atomic E-state index is 0.159. The summed E-state index contributed by atoms with van der Waals surface area (Å²) in [5.74, 6) is 4.89. The van der Waals surface area contributed by atoms with Gasteiger partial charge in [0.15, 0.2) is 0 Å². The summed E-state index contributed by atoms with van der Waals surface area (Å²) >= 11 is 0. The van der Waals surface area contributed by atoms with Crippen LogP contribution in [0.2, 0.25) is 0 Å². The fraction of sp³-hybridized carbons (Fsp3) is 0.222. The van der Waals surface area contributed by atoms with Crippen molar-refractivity contribution in [3.05, 3.63) is 36.2 Å². The van der Waals surface area contributed by atoms with E-state index in [4.69, 9.17) is 11.6 Å². The largest absolute Gasteiger partial charge is 0.397 e. The molecule has 0 aliphatic heterocycles. The molecule has 0 heterocycles. The predicted molar refractivity (Wildman–Crippen MR) is 56.6 cm³/mol. The van der Waals surface area contributed by atoms with Gasteiger partial charge in [-0.3, -0.25) is 10.6 Å². The predicted octanol–water partition coefficient (Wildman–Crippen LogP) is -0.550. The second kappa shape index (κ2) is 5.82. The lowest BCUT2D eigenvalue weighted by atomic mass is 10.2. The van der Waals surface area contributed by atoms with E-state index in [9.17, 15) is 4.79 Å². The molecule has 0 rings (SSSR count). The summed E-state index contributed by atoms with van der Waals surface area (Å²) in [4.78, 5) is 12.7. The molecule has 14 heavy (non-hydrogen) atoms. The van der Waals surface area contributed by atoms with Crippen LogP contribution in [-0.2, 0) is 4.79 Å². The Balaban J connectivity index is 4.80. The van der Waals surface area contributed by atoms with Gasteiger partial charge < -0.3 is 16.1 Å². The molecule has 0 aromatic carbocycles. The fourth-order valence-corrected chi connectivity index (χ4v) is 0.695. The number of hydrogen-bond donors (Lipinski definition) is 3. The maximum absolute atomic E-state index is 11.3. The third kappa shape index (κ3) is 3.77. The molecule has 0 saturated heterocycles. The number of hydrazine groups is 1. The maximum atomic E-state index is 11.3. The molecule has 0 saturated carbocycles. The zero-order valence-corrected chi connectivity index (χ0v) is 8.45. The highest BCUT2D eigenvalue weighted by atomic mass is 16.2. The highest BCUT2D eigenvalue weighted by molar-refractivity contribution is 5.89. The molecular weight excluding hydrogens is 180 g/mol. The van der Waals surface area contributed by atoms with Gasteiger partial charge >= 0.3 is 0 Å². The number of hydrogen-bond acceptors (Lipinski definition) is 4. The van der Waals surface area contributed by atoms with Gasteiger partial charge in [-0.2, -0.15) is 0 Å². The molecule has 1 amide bonds. The van der Waals surface area contributed by atoms with Gasteiger partial charge in [-0.15, -0.1) is 0 Å². The highest BCUT2D eigenvalue weighted by Gasteiger charge is 2.02. The molecular formula is C9H16N4O. The first-order valence-electron chi connectivity index (χ1n) is 4.00. The van der Waals surface area contributed by atoms with Crippen molar-refractivity contribution >= 4 is 5.91 Å². The molecule has 0 aliphatic carbocycles. The van der Waals surface area contributed by atoms with Crippen molar-refractivity contribution in [1.29, 1.82) is 0 Å². The molecule has 0 radical (unpaired) electrons. The normalized spacial score (nSPS) is 12.2. The van der Waals surface area contributed by atoms with Crippen LogP contribution in [0.4, 0.5) is 0 Å². The Morgan fingerprint density at radius 2 is 2.07 bits per heavy atom. The SMILES string of the molecule is C=CC(=C\C(=O)N(C)C)/C(N)=C/NN. The average Bonchev–Trinajstić information content (AvgIpc) is 2.13. The Hall–Kier alpha value is -1.75. The summed E-state index contributed by atoms with van der Waals surface area (Å²) in [5, 5.41) is 0. The lowest BCUT2D eigenvalue weighted by Gasteiger charge is -2.08. The summed E-state index contributed by atoms with van der Waals surface area (Å²) in [6, 6.07) is 0. The first-order chi connectivity index (χ1) is 6.52. The number of allylic oxidation sites excluding steroid dienone is 1. The molecule has 0 bridgehead atoms. The molecule has 0 fully saturated rings. The standard InChI is InChI=1S/C9H16N4O/c1-4-7(8(10)6-12-11)5-9(14)13(2)3/h4-6,12H,1,10-11H2,2-3H3/b7-5+,8-6-. The summed E-state index contributed by atoms with van der Waals surface area (Å²) in [6.45, 7) is 3.55. The topological polar surface area (TPSA) is 84.4 Å². The van der Waals surface area contributed by atoms with E-state index < -0.39 is 0 Å². The quantitative estimate of drug-likeness (QED) is 0.244. The van der Waals surface area contributed by atoms with Crippen LogP contribution in [0, 0.1) is 0 Å². The van der Waals surface area contributed by atoms with Gasteiger partial charge in [-0.25, -0.2) is 0 Å². The van der Waals surface area contributed by atoms with Crippen LogP contribution in [0.1, 0.15) is 0 Å². The Kier molecular flexibility index (Phi) is 5.09. The number of carbonyl (C=O) groups is 1. The van der Waals surface area contributed by atoms with Crippen LogP contribution < -0.4 is 17.0 Å². The van der Waals surface area contributed by atoms with E-state index in [1.54, 1.807) is 14.1 Å². The molecule has 0 atom stereocenters. The number of rotatable bonds is 4. The van der Waals surface area contributed by atoms with E-state index in [1.165, 1.54) is 23.3 Å². The van der Waals surface area contributed by atoms with Gasteiger partial charge in [0.05, 0.1) is 5.70 Å². The van der Waals surface area contributed by atoms with Crippen molar-refractivity contribution in [2.24, 2.45) is 11.6 Å². The summed E-state index contributed by atoms with van der Waals surface area (Å²) < 4.78 is 0. The highest BCUT2D eigenvalue weighted by Crippen LogP contribution is 2.04.